The Morgan fingerprint density at radius 2 is 2.00 bits per heavy atom. The zero-order valence-corrected chi connectivity index (χ0v) is 13.5. The van der Waals surface area contributed by atoms with Crippen LogP contribution in [0.1, 0.15) is 28.4 Å². The number of amides is 1. The molecular weight excluding hydrogens is 286 g/mol. The van der Waals surface area contributed by atoms with Gasteiger partial charge in [-0.15, -0.1) is 0 Å². The Balaban J connectivity index is 1.56. The van der Waals surface area contributed by atoms with Crippen molar-refractivity contribution < 1.29 is 4.79 Å². The maximum absolute atomic E-state index is 12.2. The van der Waals surface area contributed by atoms with Crippen LogP contribution in [-0.2, 0) is 13.0 Å². The van der Waals surface area contributed by atoms with Crippen molar-refractivity contribution in [1.29, 1.82) is 0 Å². The topological polar surface area (TPSA) is 58.4 Å². The van der Waals surface area contributed by atoms with Crippen LogP contribution in [-0.4, -0.2) is 29.9 Å². The highest BCUT2D eigenvalue weighted by molar-refractivity contribution is 5.94. The number of carbonyl (C=O) groups excluding carboxylic acids is 1. The van der Waals surface area contributed by atoms with Crippen molar-refractivity contribution in [3.05, 3.63) is 65.2 Å². The molecule has 0 fully saturated rings. The van der Waals surface area contributed by atoms with Crippen molar-refractivity contribution in [2.45, 2.75) is 25.9 Å². The van der Waals surface area contributed by atoms with Gasteiger partial charge in [0, 0.05) is 36.9 Å². The highest BCUT2D eigenvalue weighted by Crippen LogP contribution is 2.20. The summed E-state index contributed by atoms with van der Waals surface area (Å²) in [5, 5.41) is 3.01. The van der Waals surface area contributed by atoms with Gasteiger partial charge in [-0.25, -0.2) is 0 Å². The minimum Gasteiger partial charge on any atom is -0.399 e. The summed E-state index contributed by atoms with van der Waals surface area (Å²) in [7, 11) is 0. The normalized spacial score (nSPS) is 15.7. The smallest absolute Gasteiger partial charge is 0.251 e. The Labute approximate surface area is 137 Å². The van der Waals surface area contributed by atoms with Crippen molar-refractivity contribution in [3.63, 3.8) is 0 Å². The summed E-state index contributed by atoms with van der Waals surface area (Å²) in [6.45, 7) is 4.78. The summed E-state index contributed by atoms with van der Waals surface area (Å²) in [6, 6.07) is 16.0. The molecule has 0 saturated heterocycles. The molecule has 0 aromatic heterocycles. The molecule has 3 N–H and O–H groups in total. The van der Waals surface area contributed by atoms with E-state index in [0.717, 1.165) is 19.5 Å². The first-order valence-electron chi connectivity index (χ1n) is 8.08. The Kier molecular flexibility index (Phi) is 4.63. The van der Waals surface area contributed by atoms with Crippen LogP contribution in [0.5, 0.6) is 0 Å². The van der Waals surface area contributed by atoms with Crippen molar-refractivity contribution in [2.24, 2.45) is 0 Å². The molecule has 4 heteroatoms. The minimum absolute atomic E-state index is 0.0680. The average molecular weight is 309 g/mol. The van der Waals surface area contributed by atoms with Crippen molar-refractivity contribution in [1.82, 2.24) is 10.2 Å². The SMILES string of the molecule is CC(CNC(=O)c1cccc(N)c1)N1CCc2ccccc2C1. The van der Waals surface area contributed by atoms with E-state index >= 15 is 0 Å². The number of anilines is 1. The lowest BCUT2D eigenvalue weighted by atomic mass is 9.99. The molecule has 0 bridgehead atoms. The molecule has 3 rings (SSSR count). The van der Waals surface area contributed by atoms with Gasteiger partial charge < -0.3 is 11.1 Å². The molecule has 0 radical (unpaired) electrons. The van der Waals surface area contributed by atoms with Gasteiger partial charge in [-0.2, -0.15) is 0 Å². The van der Waals surface area contributed by atoms with Crippen LogP contribution in [0.3, 0.4) is 0 Å². The minimum atomic E-state index is -0.0680. The van der Waals surface area contributed by atoms with Crippen molar-refractivity contribution in [3.8, 4) is 0 Å². The highest BCUT2D eigenvalue weighted by atomic mass is 16.1. The second kappa shape index (κ2) is 6.84. The lowest BCUT2D eigenvalue weighted by molar-refractivity contribution is 0.0932. The van der Waals surface area contributed by atoms with E-state index in [-0.39, 0.29) is 5.91 Å². The molecule has 0 spiro atoms. The van der Waals surface area contributed by atoms with Gasteiger partial charge in [0.2, 0.25) is 0 Å². The Hall–Kier alpha value is -2.33. The van der Waals surface area contributed by atoms with E-state index in [1.807, 2.05) is 0 Å². The van der Waals surface area contributed by atoms with Gasteiger partial charge in [-0.3, -0.25) is 9.69 Å². The number of fused-ring (bicyclic) bond motifs is 1. The number of nitrogens with zero attached hydrogens (tertiary/aromatic N) is 1. The van der Waals surface area contributed by atoms with E-state index in [2.05, 4.69) is 41.4 Å². The Morgan fingerprint density at radius 1 is 1.22 bits per heavy atom. The molecule has 1 aliphatic heterocycles. The number of benzene rings is 2. The van der Waals surface area contributed by atoms with Gasteiger partial charge in [-0.05, 0) is 42.7 Å². The third kappa shape index (κ3) is 3.71. The maximum Gasteiger partial charge on any atom is 0.251 e. The molecule has 1 aliphatic rings. The molecular formula is C19H23N3O. The van der Waals surface area contributed by atoms with Crippen molar-refractivity contribution in [2.75, 3.05) is 18.8 Å². The fraction of sp³-hybridized carbons (Fsp3) is 0.316. The van der Waals surface area contributed by atoms with Gasteiger partial charge in [0.05, 0.1) is 0 Å². The summed E-state index contributed by atoms with van der Waals surface area (Å²) in [6.07, 6.45) is 1.07. The zero-order valence-electron chi connectivity index (χ0n) is 13.5. The van der Waals surface area contributed by atoms with Gasteiger partial charge in [0.25, 0.3) is 5.91 Å². The predicted octanol–water partition coefficient (Wildman–Crippen LogP) is 2.45. The van der Waals surface area contributed by atoms with Crippen LogP contribution < -0.4 is 11.1 Å². The Morgan fingerprint density at radius 3 is 2.78 bits per heavy atom. The number of nitrogens with two attached hydrogens (primary N) is 1. The monoisotopic (exact) mass is 309 g/mol. The summed E-state index contributed by atoms with van der Waals surface area (Å²) in [5.74, 6) is -0.0680. The summed E-state index contributed by atoms with van der Waals surface area (Å²) >= 11 is 0. The summed E-state index contributed by atoms with van der Waals surface area (Å²) < 4.78 is 0. The molecule has 23 heavy (non-hydrogen) atoms. The molecule has 1 amide bonds. The molecule has 0 aliphatic carbocycles. The van der Waals surface area contributed by atoms with Gasteiger partial charge in [0.15, 0.2) is 0 Å². The predicted molar refractivity (Wildman–Crippen MR) is 93.2 cm³/mol. The molecule has 4 nitrogen and oxygen atoms in total. The van der Waals surface area contributed by atoms with E-state index in [4.69, 9.17) is 5.73 Å². The number of rotatable bonds is 4. The highest BCUT2D eigenvalue weighted by Gasteiger charge is 2.20. The first kappa shape index (κ1) is 15.6. The van der Waals surface area contributed by atoms with E-state index in [1.54, 1.807) is 24.3 Å². The van der Waals surface area contributed by atoms with Gasteiger partial charge in [-0.1, -0.05) is 30.3 Å². The molecule has 2 aromatic rings. The molecule has 1 heterocycles. The molecule has 0 saturated carbocycles. The van der Waals surface area contributed by atoms with E-state index in [9.17, 15) is 4.79 Å². The lowest BCUT2D eigenvalue weighted by Gasteiger charge is -2.33. The molecule has 1 unspecified atom stereocenters. The Bertz CT molecular complexity index is 699. The van der Waals surface area contributed by atoms with E-state index < -0.39 is 0 Å². The number of nitrogen functional groups attached to an aromatic ring is 1. The quantitative estimate of drug-likeness (QED) is 0.853. The molecule has 2 aromatic carbocycles. The molecule has 120 valence electrons. The standard InChI is InChI=1S/C19H23N3O/c1-14(12-21-19(23)16-7-4-8-18(20)11-16)22-10-9-15-5-2-3-6-17(15)13-22/h2-8,11,14H,9-10,12-13,20H2,1H3,(H,21,23). The summed E-state index contributed by atoms with van der Waals surface area (Å²) in [4.78, 5) is 14.6. The van der Waals surface area contributed by atoms with Crippen LogP contribution in [0.15, 0.2) is 48.5 Å². The van der Waals surface area contributed by atoms with Crippen LogP contribution in [0.25, 0.3) is 0 Å². The van der Waals surface area contributed by atoms with Gasteiger partial charge >= 0.3 is 0 Å². The largest absolute Gasteiger partial charge is 0.399 e. The fourth-order valence-corrected chi connectivity index (χ4v) is 3.05. The third-order valence-electron chi connectivity index (χ3n) is 4.49. The van der Waals surface area contributed by atoms with Gasteiger partial charge in [0.1, 0.15) is 0 Å². The average Bonchev–Trinajstić information content (AvgIpc) is 2.59. The fourth-order valence-electron chi connectivity index (χ4n) is 3.05. The van der Waals surface area contributed by atoms with Crippen LogP contribution >= 0.6 is 0 Å². The number of hydrogen-bond acceptors (Lipinski definition) is 3. The second-order valence-corrected chi connectivity index (χ2v) is 6.17. The number of nitrogens with one attached hydrogen (secondary N) is 1. The maximum atomic E-state index is 12.2. The van der Waals surface area contributed by atoms with Crippen LogP contribution in [0.4, 0.5) is 5.69 Å². The lowest BCUT2D eigenvalue weighted by Crippen LogP contribution is -2.44. The zero-order chi connectivity index (χ0) is 16.2. The van der Waals surface area contributed by atoms with Crippen LogP contribution in [0, 0.1) is 0 Å². The summed E-state index contributed by atoms with van der Waals surface area (Å²) in [5.41, 5.74) is 9.79. The first-order valence-corrected chi connectivity index (χ1v) is 8.08. The molecule has 1 atom stereocenters. The number of hydrogen-bond donors (Lipinski definition) is 2. The van der Waals surface area contributed by atoms with E-state index in [1.165, 1.54) is 11.1 Å². The number of carbonyl (C=O) groups is 1. The third-order valence-corrected chi connectivity index (χ3v) is 4.49. The second-order valence-electron chi connectivity index (χ2n) is 6.17. The first-order chi connectivity index (χ1) is 11.1. The van der Waals surface area contributed by atoms with Crippen molar-refractivity contribution >= 4 is 11.6 Å². The van der Waals surface area contributed by atoms with E-state index in [0.29, 0.717) is 23.8 Å². The van der Waals surface area contributed by atoms with Crippen LogP contribution in [0.2, 0.25) is 0 Å².